The standard InChI is InChI=1S/C11H20N4/c1-14(2)8-5-9-15(3)11-10(12)6-4-7-13-11/h4,6-7H,5,8-9,12H2,1-3H3. The van der Waals surface area contributed by atoms with E-state index in [1.165, 1.54) is 0 Å². The van der Waals surface area contributed by atoms with E-state index in [9.17, 15) is 0 Å². The van der Waals surface area contributed by atoms with Crippen LogP contribution in [0.5, 0.6) is 0 Å². The van der Waals surface area contributed by atoms with Gasteiger partial charge in [0.15, 0.2) is 5.82 Å². The van der Waals surface area contributed by atoms with Crippen molar-refractivity contribution in [3.8, 4) is 0 Å². The van der Waals surface area contributed by atoms with Gasteiger partial charge in [-0.05, 0) is 39.2 Å². The van der Waals surface area contributed by atoms with Crippen LogP contribution in [0.15, 0.2) is 18.3 Å². The van der Waals surface area contributed by atoms with E-state index in [1.807, 2.05) is 19.2 Å². The molecule has 0 atom stereocenters. The summed E-state index contributed by atoms with van der Waals surface area (Å²) in [7, 11) is 6.18. The third-order valence-electron chi connectivity index (χ3n) is 2.28. The molecule has 1 rings (SSSR count). The van der Waals surface area contributed by atoms with Crippen molar-refractivity contribution in [1.29, 1.82) is 0 Å². The molecule has 15 heavy (non-hydrogen) atoms. The minimum Gasteiger partial charge on any atom is -0.396 e. The highest BCUT2D eigenvalue weighted by Gasteiger charge is 2.05. The van der Waals surface area contributed by atoms with Gasteiger partial charge in [0.2, 0.25) is 0 Å². The van der Waals surface area contributed by atoms with Gasteiger partial charge in [-0.3, -0.25) is 0 Å². The number of nitrogens with zero attached hydrogens (tertiary/aromatic N) is 3. The highest BCUT2D eigenvalue weighted by atomic mass is 15.2. The van der Waals surface area contributed by atoms with Gasteiger partial charge in [0.1, 0.15) is 0 Å². The molecule has 0 saturated heterocycles. The van der Waals surface area contributed by atoms with E-state index in [4.69, 9.17) is 5.73 Å². The van der Waals surface area contributed by atoms with E-state index in [0.29, 0.717) is 0 Å². The van der Waals surface area contributed by atoms with Crippen LogP contribution in [-0.2, 0) is 0 Å². The summed E-state index contributed by atoms with van der Waals surface area (Å²) < 4.78 is 0. The predicted octanol–water partition coefficient (Wildman–Crippen LogP) is 1.05. The molecule has 0 spiro atoms. The van der Waals surface area contributed by atoms with Gasteiger partial charge in [-0.2, -0.15) is 0 Å². The zero-order chi connectivity index (χ0) is 11.3. The van der Waals surface area contributed by atoms with E-state index >= 15 is 0 Å². The first-order chi connectivity index (χ1) is 7.11. The van der Waals surface area contributed by atoms with Gasteiger partial charge in [0.05, 0.1) is 5.69 Å². The molecule has 0 aliphatic rings. The van der Waals surface area contributed by atoms with Gasteiger partial charge in [0.25, 0.3) is 0 Å². The molecule has 0 unspecified atom stereocenters. The van der Waals surface area contributed by atoms with Crippen LogP contribution in [0.1, 0.15) is 6.42 Å². The summed E-state index contributed by atoms with van der Waals surface area (Å²) in [5.74, 6) is 0.872. The quantitative estimate of drug-likeness (QED) is 0.785. The van der Waals surface area contributed by atoms with E-state index < -0.39 is 0 Å². The molecule has 0 saturated carbocycles. The molecule has 84 valence electrons. The van der Waals surface area contributed by atoms with Crippen LogP contribution in [-0.4, -0.2) is 44.1 Å². The summed E-state index contributed by atoms with van der Waals surface area (Å²) >= 11 is 0. The molecule has 4 heteroatoms. The molecule has 0 amide bonds. The Kier molecular flexibility index (Phi) is 4.37. The Morgan fingerprint density at radius 3 is 2.60 bits per heavy atom. The first-order valence-electron chi connectivity index (χ1n) is 5.17. The fraction of sp³-hybridized carbons (Fsp3) is 0.545. The third kappa shape index (κ3) is 3.75. The summed E-state index contributed by atoms with van der Waals surface area (Å²) in [4.78, 5) is 8.54. The first-order valence-corrected chi connectivity index (χ1v) is 5.17. The maximum Gasteiger partial charge on any atom is 0.151 e. The van der Waals surface area contributed by atoms with Crippen molar-refractivity contribution >= 4 is 11.5 Å². The second-order valence-electron chi connectivity index (χ2n) is 3.99. The van der Waals surface area contributed by atoms with Gasteiger partial charge < -0.3 is 15.5 Å². The summed E-state index contributed by atoms with van der Waals surface area (Å²) in [5.41, 5.74) is 6.58. The van der Waals surface area contributed by atoms with Gasteiger partial charge in [-0.15, -0.1) is 0 Å². The van der Waals surface area contributed by atoms with E-state index in [0.717, 1.165) is 31.0 Å². The van der Waals surface area contributed by atoms with Crippen molar-refractivity contribution < 1.29 is 0 Å². The van der Waals surface area contributed by atoms with Gasteiger partial charge in [0, 0.05) is 19.8 Å². The van der Waals surface area contributed by atoms with Crippen LogP contribution in [0.25, 0.3) is 0 Å². The normalized spacial score (nSPS) is 10.7. The van der Waals surface area contributed by atoms with Crippen molar-refractivity contribution in [3.63, 3.8) is 0 Å². The Bertz CT molecular complexity index is 298. The average molecular weight is 208 g/mol. The minimum absolute atomic E-state index is 0.741. The molecule has 0 aliphatic carbocycles. The fourth-order valence-electron chi connectivity index (χ4n) is 1.46. The van der Waals surface area contributed by atoms with E-state index in [-0.39, 0.29) is 0 Å². The highest BCUT2D eigenvalue weighted by Crippen LogP contribution is 2.17. The number of anilines is 2. The molecule has 0 fully saturated rings. The topological polar surface area (TPSA) is 45.4 Å². The Morgan fingerprint density at radius 2 is 2.00 bits per heavy atom. The number of hydrogen-bond donors (Lipinski definition) is 1. The predicted molar refractivity (Wildman–Crippen MR) is 65.1 cm³/mol. The van der Waals surface area contributed by atoms with Crippen molar-refractivity contribution in [2.24, 2.45) is 0 Å². The second-order valence-corrected chi connectivity index (χ2v) is 3.99. The zero-order valence-corrected chi connectivity index (χ0v) is 9.77. The summed E-state index contributed by atoms with van der Waals surface area (Å²) in [6.07, 6.45) is 2.88. The fourth-order valence-corrected chi connectivity index (χ4v) is 1.46. The second kappa shape index (κ2) is 5.56. The number of nitrogens with two attached hydrogens (primary N) is 1. The lowest BCUT2D eigenvalue weighted by molar-refractivity contribution is 0.401. The molecule has 1 heterocycles. The van der Waals surface area contributed by atoms with E-state index in [1.54, 1.807) is 6.20 Å². The molecule has 0 bridgehead atoms. The SMILES string of the molecule is CN(C)CCCN(C)c1ncccc1N. The molecule has 0 aromatic carbocycles. The summed E-state index contributed by atoms with van der Waals surface area (Å²) in [6, 6.07) is 3.73. The van der Waals surface area contributed by atoms with Crippen molar-refractivity contribution in [1.82, 2.24) is 9.88 Å². The molecule has 0 aliphatic heterocycles. The Labute approximate surface area is 91.7 Å². The lowest BCUT2D eigenvalue weighted by Gasteiger charge is -2.20. The molecular weight excluding hydrogens is 188 g/mol. The van der Waals surface area contributed by atoms with Crippen LogP contribution < -0.4 is 10.6 Å². The molecule has 1 aromatic rings. The maximum absolute atomic E-state index is 5.84. The van der Waals surface area contributed by atoms with Crippen LogP contribution in [0, 0.1) is 0 Å². The lowest BCUT2D eigenvalue weighted by Crippen LogP contribution is -2.24. The van der Waals surface area contributed by atoms with Gasteiger partial charge in [-0.25, -0.2) is 4.98 Å². The average Bonchev–Trinajstić information content (AvgIpc) is 2.17. The third-order valence-corrected chi connectivity index (χ3v) is 2.28. The minimum atomic E-state index is 0.741. The van der Waals surface area contributed by atoms with Crippen LogP contribution in [0.3, 0.4) is 0 Å². The molecule has 0 radical (unpaired) electrons. The number of hydrogen-bond acceptors (Lipinski definition) is 4. The van der Waals surface area contributed by atoms with Crippen LogP contribution >= 0.6 is 0 Å². The number of nitrogen functional groups attached to an aromatic ring is 1. The Morgan fingerprint density at radius 1 is 1.27 bits per heavy atom. The van der Waals surface area contributed by atoms with Crippen molar-refractivity contribution in [3.05, 3.63) is 18.3 Å². The largest absolute Gasteiger partial charge is 0.396 e. The number of pyridine rings is 1. The monoisotopic (exact) mass is 208 g/mol. The van der Waals surface area contributed by atoms with Crippen molar-refractivity contribution in [2.75, 3.05) is 44.9 Å². The molecular formula is C11H20N4. The highest BCUT2D eigenvalue weighted by molar-refractivity contribution is 5.61. The zero-order valence-electron chi connectivity index (χ0n) is 9.77. The van der Waals surface area contributed by atoms with Crippen LogP contribution in [0.4, 0.5) is 11.5 Å². The number of rotatable bonds is 5. The molecule has 2 N–H and O–H groups in total. The van der Waals surface area contributed by atoms with E-state index in [2.05, 4.69) is 28.9 Å². The Hall–Kier alpha value is -1.29. The molecule has 4 nitrogen and oxygen atoms in total. The van der Waals surface area contributed by atoms with Gasteiger partial charge >= 0.3 is 0 Å². The first kappa shape index (κ1) is 11.8. The Balaban J connectivity index is 2.47. The van der Waals surface area contributed by atoms with Crippen molar-refractivity contribution in [2.45, 2.75) is 6.42 Å². The smallest absolute Gasteiger partial charge is 0.151 e. The summed E-state index contributed by atoms with van der Waals surface area (Å²) in [5, 5.41) is 0. The summed E-state index contributed by atoms with van der Waals surface area (Å²) in [6.45, 7) is 2.05. The maximum atomic E-state index is 5.84. The van der Waals surface area contributed by atoms with Crippen LogP contribution in [0.2, 0.25) is 0 Å². The lowest BCUT2D eigenvalue weighted by atomic mass is 10.3. The molecule has 1 aromatic heterocycles. The van der Waals surface area contributed by atoms with Gasteiger partial charge in [-0.1, -0.05) is 0 Å². The number of aromatic nitrogens is 1.